The minimum Gasteiger partial charge on any atom is -0.392 e. The first-order chi connectivity index (χ1) is 10.2. The number of nitrogens with zero attached hydrogens (tertiary/aromatic N) is 1. The van der Waals surface area contributed by atoms with E-state index in [2.05, 4.69) is 33.5 Å². The fourth-order valence-electron chi connectivity index (χ4n) is 2.43. The number of rotatable bonds is 4. The van der Waals surface area contributed by atoms with Gasteiger partial charge in [0.05, 0.1) is 17.1 Å². The smallest absolute Gasteiger partial charge is 0.123 e. The highest BCUT2D eigenvalue weighted by Gasteiger charge is 2.33. The van der Waals surface area contributed by atoms with E-state index in [1.54, 1.807) is 13.2 Å². The van der Waals surface area contributed by atoms with E-state index in [9.17, 15) is 0 Å². The maximum Gasteiger partial charge on any atom is 0.123 e. The summed E-state index contributed by atoms with van der Waals surface area (Å²) in [5, 5.41) is 9.76. The van der Waals surface area contributed by atoms with Gasteiger partial charge in [-0.1, -0.05) is 24.8 Å². The third kappa shape index (κ3) is 2.66. The minimum atomic E-state index is 0.837. The highest BCUT2D eigenvalue weighted by molar-refractivity contribution is 6.93. The summed E-state index contributed by atoms with van der Waals surface area (Å²) >= 11 is 0. The summed E-state index contributed by atoms with van der Waals surface area (Å²) in [4.78, 5) is 2.15. The van der Waals surface area contributed by atoms with Gasteiger partial charge in [-0.3, -0.25) is 4.90 Å². The van der Waals surface area contributed by atoms with E-state index in [0.717, 1.165) is 34.2 Å². The molecule has 0 aromatic rings. The molecule has 105 valence electrons. The van der Waals surface area contributed by atoms with E-state index in [-0.39, 0.29) is 0 Å². The van der Waals surface area contributed by atoms with Crippen molar-refractivity contribution < 1.29 is 0 Å². The number of nitrogens with one attached hydrogen (secondary N) is 3. The van der Waals surface area contributed by atoms with Crippen LogP contribution in [0.5, 0.6) is 0 Å². The van der Waals surface area contributed by atoms with Crippen molar-refractivity contribution in [2.45, 2.75) is 13.8 Å². The van der Waals surface area contributed by atoms with Crippen molar-refractivity contribution in [1.29, 1.82) is 0 Å². The lowest BCUT2D eigenvalue weighted by atomic mass is 9.53. The summed E-state index contributed by atoms with van der Waals surface area (Å²) in [6.45, 7) is 7.78. The van der Waals surface area contributed by atoms with Crippen molar-refractivity contribution in [2.75, 3.05) is 7.05 Å². The van der Waals surface area contributed by atoms with Crippen LogP contribution in [-0.4, -0.2) is 26.9 Å². The molecule has 0 aliphatic carbocycles. The quantitative estimate of drug-likeness (QED) is 0.536. The van der Waals surface area contributed by atoms with Gasteiger partial charge in [-0.05, 0) is 19.9 Å². The van der Waals surface area contributed by atoms with E-state index >= 15 is 0 Å². The van der Waals surface area contributed by atoms with Gasteiger partial charge in [0.15, 0.2) is 0 Å². The summed E-state index contributed by atoms with van der Waals surface area (Å²) in [5.74, 6) is 0.931. The third-order valence-corrected chi connectivity index (χ3v) is 3.31. The molecule has 21 heavy (non-hydrogen) atoms. The first kappa shape index (κ1) is 15.2. The summed E-state index contributed by atoms with van der Waals surface area (Å²) < 4.78 is 0. The molecule has 0 atom stereocenters. The summed E-state index contributed by atoms with van der Waals surface area (Å²) in [6, 6.07) is 0. The average Bonchev–Trinajstić information content (AvgIpc) is 2.81. The monoisotopic (exact) mass is 277 g/mol. The second-order valence-corrected chi connectivity index (χ2v) is 4.64. The van der Waals surface area contributed by atoms with Crippen molar-refractivity contribution in [2.24, 2.45) is 0 Å². The molecule has 6 heteroatoms. The Morgan fingerprint density at radius 1 is 1.38 bits per heavy atom. The molecule has 3 radical (unpaired) electrons. The Morgan fingerprint density at radius 2 is 2.14 bits per heavy atom. The Morgan fingerprint density at radius 3 is 2.71 bits per heavy atom. The van der Waals surface area contributed by atoms with Crippen LogP contribution in [-0.2, 0) is 0 Å². The van der Waals surface area contributed by atoms with Gasteiger partial charge in [0.2, 0.25) is 0 Å². The van der Waals surface area contributed by atoms with E-state index in [4.69, 9.17) is 7.74 Å². The van der Waals surface area contributed by atoms with E-state index in [0.29, 0.717) is 0 Å². The van der Waals surface area contributed by atoms with Crippen LogP contribution in [0.2, 0.25) is 0 Å². The Hall–Kier alpha value is -2.23. The molecule has 0 spiro atoms. The average molecular weight is 277 g/mol. The fraction of sp³-hybridized carbons (Fsp3) is 0.200. The third-order valence-electron chi connectivity index (χ3n) is 3.31. The zero-order valence-electron chi connectivity index (χ0n) is 12.7. The molecule has 0 saturated heterocycles. The van der Waals surface area contributed by atoms with Crippen molar-refractivity contribution in [3.8, 4) is 0 Å². The molecule has 0 amide bonds. The first-order valence-corrected chi connectivity index (χ1v) is 6.85. The Kier molecular flexibility index (Phi) is 4.68. The van der Waals surface area contributed by atoms with Crippen molar-refractivity contribution in [1.82, 2.24) is 20.9 Å². The van der Waals surface area contributed by atoms with Crippen molar-refractivity contribution in [3.63, 3.8) is 0 Å². The molecule has 4 nitrogen and oxygen atoms in total. The molecule has 2 heterocycles. The fourth-order valence-corrected chi connectivity index (χ4v) is 2.43. The standard InChI is InChI=1S/C15H19B2N4/c1-5-7-8-13-10(3)19-15-14(17-16)20-11(9-18-4)12(6-2)21(13)15/h5-9,18-20H,1H2,2-4H3/b8-7-,11-9+,12-6+. The lowest BCUT2D eigenvalue weighted by Crippen LogP contribution is -2.38. The van der Waals surface area contributed by atoms with Gasteiger partial charge in [-0.25, -0.2) is 0 Å². The SMILES string of the molecule is [B][B]C1=C2NC(C)=C(/C=C\C=C)N2C(=C/C)/C(=C\NC)N1. The van der Waals surface area contributed by atoms with Crippen LogP contribution < -0.4 is 16.0 Å². The topological polar surface area (TPSA) is 39.3 Å². The predicted molar refractivity (Wildman–Crippen MR) is 89.6 cm³/mol. The molecule has 3 N–H and O–H groups in total. The van der Waals surface area contributed by atoms with E-state index < -0.39 is 0 Å². The molecule has 0 saturated carbocycles. The van der Waals surface area contributed by atoms with E-state index in [1.807, 2.05) is 39.2 Å². The van der Waals surface area contributed by atoms with Gasteiger partial charge >= 0.3 is 0 Å². The predicted octanol–water partition coefficient (Wildman–Crippen LogP) is 1.35. The van der Waals surface area contributed by atoms with Crippen LogP contribution in [0.4, 0.5) is 0 Å². The highest BCUT2D eigenvalue weighted by Crippen LogP contribution is 2.35. The van der Waals surface area contributed by atoms with Crippen LogP contribution in [0.1, 0.15) is 13.8 Å². The van der Waals surface area contributed by atoms with Crippen molar-refractivity contribution >= 4 is 14.9 Å². The van der Waals surface area contributed by atoms with E-state index in [1.165, 1.54) is 0 Å². The zero-order chi connectivity index (χ0) is 15.4. The van der Waals surface area contributed by atoms with Gasteiger partial charge in [0, 0.05) is 32.3 Å². The largest absolute Gasteiger partial charge is 0.392 e. The van der Waals surface area contributed by atoms with Gasteiger partial charge in [0.25, 0.3) is 0 Å². The number of hydrogen-bond acceptors (Lipinski definition) is 4. The summed E-state index contributed by atoms with van der Waals surface area (Å²) in [6.07, 6.45) is 9.69. The van der Waals surface area contributed by atoms with Gasteiger partial charge in [0.1, 0.15) is 13.0 Å². The highest BCUT2D eigenvalue weighted by atomic mass is 15.3. The molecule has 0 aromatic carbocycles. The molecule has 2 aliphatic heterocycles. The summed E-state index contributed by atoms with van der Waals surface area (Å²) in [5.41, 5.74) is 4.98. The second kappa shape index (κ2) is 6.48. The van der Waals surface area contributed by atoms with Crippen LogP contribution in [0.3, 0.4) is 0 Å². The number of hydrogen-bond donors (Lipinski definition) is 3. The summed E-state index contributed by atoms with van der Waals surface area (Å²) in [7, 11) is 9.20. The second-order valence-electron chi connectivity index (χ2n) is 4.64. The van der Waals surface area contributed by atoms with Gasteiger partial charge in [-0.2, -0.15) is 0 Å². The number of allylic oxidation sites excluding steroid dienone is 5. The van der Waals surface area contributed by atoms with Gasteiger partial charge in [-0.15, -0.1) is 0 Å². The van der Waals surface area contributed by atoms with Crippen LogP contribution in [0.25, 0.3) is 0 Å². The maximum absolute atomic E-state index is 5.76. The Balaban J connectivity index is 2.57. The van der Waals surface area contributed by atoms with Crippen molar-refractivity contribution in [3.05, 3.63) is 71.3 Å². The molecule has 2 rings (SSSR count). The zero-order valence-corrected chi connectivity index (χ0v) is 12.7. The van der Waals surface area contributed by atoms with Crippen LogP contribution in [0.15, 0.2) is 71.3 Å². The first-order valence-electron chi connectivity index (χ1n) is 6.85. The van der Waals surface area contributed by atoms with Crippen LogP contribution in [0, 0.1) is 0 Å². The molecule has 0 bridgehead atoms. The van der Waals surface area contributed by atoms with Gasteiger partial charge < -0.3 is 16.0 Å². The minimum absolute atomic E-state index is 0.837. The Labute approximate surface area is 128 Å². The molecule has 0 unspecified atom stereocenters. The molecule has 0 aromatic heterocycles. The van der Waals surface area contributed by atoms with Crippen LogP contribution >= 0.6 is 0 Å². The lowest BCUT2D eigenvalue weighted by molar-refractivity contribution is 0.518. The normalized spacial score (nSPS) is 21.8. The molecular weight excluding hydrogens is 258 g/mol. The Bertz CT molecular complexity index is 597. The molecule has 2 aliphatic rings. The lowest BCUT2D eigenvalue weighted by Gasteiger charge is -2.34. The molecular formula is C15H19B2N4. The maximum atomic E-state index is 5.76. The number of fused-ring (bicyclic) bond motifs is 1. The molecule has 0 fully saturated rings.